The van der Waals surface area contributed by atoms with Crippen molar-refractivity contribution < 1.29 is 4.74 Å². The van der Waals surface area contributed by atoms with Gasteiger partial charge in [-0.15, -0.1) is 0 Å². The van der Waals surface area contributed by atoms with Crippen LogP contribution < -0.4 is 10.5 Å². The van der Waals surface area contributed by atoms with Crippen molar-refractivity contribution in [3.8, 4) is 5.75 Å². The zero-order valence-electron chi connectivity index (χ0n) is 10.7. The van der Waals surface area contributed by atoms with E-state index in [9.17, 15) is 0 Å². The number of ether oxygens (including phenoxy) is 1. The fourth-order valence-electron chi connectivity index (χ4n) is 1.66. The van der Waals surface area contributed by atoms with Gasteiger partial charge in [0.15, 0.2) is 0 Å². The highest BCUT2D eigenvalue weighted by Crippen LogP contribution is 2.25. The maximum Gasteiger partial charge on any atom is 0.137 e. The summed E-state index contributed by atoms with van der Waals surface area (Å²) in [6.07, 6.45) is 3.11. The van der Waals surface area contributed by atoms with E-state index in [4.69, 9.17) is 22.1 Å². The van der Waals surface area contributed by atoms with E-state index in [-0.39, 0.29) is 0 Å². The Morgan fingerprint density at radius 2 is 2.12 bits per heavy atom. The predicted molar refractivity (Wildman–Crippen MR) is 73.8 cm³/mol. The smallest absolute Gasteiger partial charge is 0.137 e. The van der Waals surface area contributed by atoms with Crippen LogP contribution in [0.1, 0.15) is 32.3 Å². The molecule has 0 bridgehead atoms. The molecular formula is C14H22ClNO. The Morgan fingerprint density at radius 3 is 2.71 bits per heavy atom. The molecule has 0 aliphatic carbocycles. The summed E-state index contributed by atoms with van der Waals surface area (Å²) in [4.78, 5) is 0. The molecule has 17 heavy (non-hydrogen) atoms. The van der Waals surface area contributed by atoms with Gasteiger partial charge in [-0.3, -0.25) is 0 Å². The predicted octanol–water partition coefficient (Wildman–Crippen LogP) is 3.66. The van der Waals surface area contributed by atoms with Gasteiger partial charge in [0, 0.05) is 0 Å². The number of benzene rings is 1. The lowest BCUT2D eigenvalue weighted by atomic mass is 10.1. The topological polar surface area (TPSA) is 35.2 Å². The van der Waals surface area contributed by atoms with Crippen LogP contribution in [0.5, 0.6) is 5.75 Å². The largest absolute Gasteiger partial charge is 0.492 e. The maximum atomic E-state index is 6.14. The summed E-state index contributed by atoms with van der Waals surface area (Å²) in [5.41, 5.74) is 6.66. The number of hydrogen-bond donors (Lipinski definition) is 1. The Bertz CT molecular complexity index is 339. The van der Waals surface area contributed by atoms with E-state index in [0.29, 0.717) is 11.6 Å². The monoisotopic (exact) mass is 255 g/mol. The molecule has 0 unspecified atom stereocenters. The summed E-state index contributed by atoms with van der Waals surface area (Å²) < 4.78 is 5.66. The fraction of sp³-hybridized carbons (Fsp3) is 0.571. The van der Waals surface area contributed by atoms with E-state index in [1.165, 1.54) is 6.42 Å². The first kappa shape index (κ1) is 14.3. The average Bonchev–Trinajstić information content (AvgIpc) is 2.27. The summed E-state index contributed by atoms with van der Waals surface area (Å²) in [5.74, 6) is 1.50. The van der Waals surface area contributed by atoms with Crippen molar-refractivity contribution in [2.24, 2.45) is 11.7 Å². The van der Waals surface area contributed by atoms with Gasteiger partial charge in [-0.2, -0.15) is 0 Å². The molecule has 2 N–H and O–H groups in total. The molecule has 0 atom stereocenters. The third-order valence-corrected chi connectivity index (χ3v) is 2.91. The molecular weight excluding hydrogens is 234 g/mol. The molecule has 0 amide bonds. The van der Waals surface area contributed by atoms with Gasteiger partial charge in [-0.05, 0) is 49.4 Å². The summed E-state index contributed by atoms with van der Waals surface area (Å²) in [5, 5.41) is 0.681. The lowest BCUT2D eigenvalue weighted by Gasteiger charge is -2.10. The quantitative estimate of drug-likeness (QED) is 0.755. The minimum atomic E-state index is 0.644. The van der Waals surface area contributed by atoms with E-state index >= 15 is 0 Å². The molecule has 0 aromatic heterocycles. The van der Waals surface area contributed by atoms with Crippen LogP contribution in [-0.2, 0) is 6.42 Å². The van der Waals surface area contributed by atoms with Crippen LogP contribution in [0.2, 0.25) is 5.02 Å². The number of hydrogen-bond acceptors (Lipinski definition) is 2. The summed E-state index contributed by atoms with van der Waals surface area (Å²) in [6, 6.07) is 5.89. The molecule has 96 valence electrons. The lowest BCUT2D eigenvalue weighted by molar-refractivity contribution is 0.298. The fourth-order valence-corrected chi connectivity index (χ4v) is 1.91. The van der Waals surface area contributed by atoms with E-state index in [2.05, 4.69) is 13.8 Å². The van der Waals surface area contributed by atoms with E-state index in [1.807, 2.05) is 18.2 Å². The third kappa shape index (κ3) is 5.42. The van der Waals surface area contributed by atoms with Crippen LogP contribution in [0.4, 0.5) is 0 Å². The van der Waals surface area contributed by atoms with Crippen molar-refractivity contribution in [3.63, 3.8) is 0 Å². The van der Waals surface area contributed by atoms with Crippen molar-refractivity contribution >= 4 is 11.6 Å². The zero-order valence-corrected chi connectivity index (χ0v) is 11.5. The minimum absolute atomic E-state index is 0.644. The first-order valence-electron chi connectivity index (χ1n) is 6.24. The molecule has 0 radical (unpaired) electrons. The third-order valence-electron chi connectivity index (χ3n) is 2.61. The van der Waals surface area contributed by atoms with Crippen LogP contribution in [0.25, 0.3) is 0 Å². The van der Waals surface area contributed by atoms with E-state index < -0.39 is 0 Å². The van der Waals surface area contributed by atoms with Gasteiger partial charge in [0.2, 0.25) is 0 Å². The normalized spacial score (nSPS) is 10.9. The van der Waals surface area contributed by atoms with Crippen LogP contribution in [0.15, 0.2) is 18.2 Å². The second-order valence-corrected chi connectivity index (χ2v) is 5.10. The van der Waals surface area contributed by atoms with Crippen molar-refractivity contribution in [2.75, 3.05) is 13.2 Å². The highest BCUT2D eigenvalue weighted by atomic mass is 35.5. The molecule has 0 aliphatic heterocycles. The molecule has 2 nitrogen and oxygen atoms in total. The molecule has 0 spiro atoms. The lowest BCUT2D eigenvalue weighted by Crippen LogP contribution is -2.03. The van der Waals surface area contributed by atoms with Crippen molar-refractivity contribution in [2.45, 2.75) is 33.1 Å². The number of halogens is 1. The first-order valence-corrected chi connectivity index (χ1v) is 6.62. The Balaban J connectivity index is 2.43. The summed E-state index contributed by atoms with van der Waals surface area (Å²) in [7, 11) is 0. The Labute approximate surface area is 109 Å². The molecule has 1 aromatic carbocycles. The molecule has 1 rings (SSSR count). The number of nitrogens with two attached hydrogens (primary N) is 1. The molecule has 1 aromatic rings. The van der Waals surface area contributed by atoms with Gasteiger partial charge in [-0.1, -0.05) is 31.5 Å². The van der Waals surface area contributed by atoms with E-state index in [0.717, 1.165) is 36.7 Å². The second kappa shape index (κ2) is 7.57. The SMILES string of the molecule is CC(C)CCCOc1ccc(CCN)cc1Cl. The molecule has 3 heteroatoms. The highest BCUT2D eigenvalue weighted by Gasteiger charge is 2.03. The summed E-state index contributed by atoms with van der Waals surface area (Å²) in [6.45, 7) is 5.81. The van der Waals surface area contributed by atoms with Crippen LogP contribution in [-0.4, -0.2) is 13.2 Å². The maximum absolute atomic E-state index is 6.14. The van der Waals surface area contributed by atoms with Crippen LogP contribution in [0, 0.1) is 5.92 Å². The minimum Gasteiger partial charge on any atom is -0.492 e. The van der Waals surface area contributed by atoms with Gasteiger partial charge < -0.3 is 10.5 Å². The Kier molecular flexibility index (Phi) is 6.38. The molecule has 0 heterocycles. The zero-order chi connectivity index (χ0) is 12.7. The molecule has 0 saturated heterocycles. The standard InChI is InChI=1S/C14H22ClNO/c1-11(2)4-3-9-17-14-6-5-12(7-8-16)10-13(14)15/h5-6,10-11H,3-4,7-9,16H2,1-2H3. The van der Waals surface area contributed by atoms with Gasteiger partial charge in [0.25, 0.3) is 0 Å². The second-order valence-electron chi connectivity index (χ2n) is 4.69. The van der Waals surface area contributed by atoms with E-state index in [1.54, 1.807) is 0 Å². The van der Waals surface area contributed by atoms with Gasteiger partial charge in [0.05, 0.1) is 11.6 Å². The van der Waals surface area contributed by atoms with Crippen molar-refractivity contribution in [3.05, 3.63) is 28.8 Å². The molecule has 0 fully saturated rings. The summed E-state index contributed by atoms with van der Waals surface area (Å²) >= 11 is 6.14. The van der Waals surface area contributed by atoms with Crippen molar-refractivity contribution in [1.82, 2.24) is 0 Å². The first-order chi connectivity index (χ1) is 8.13. The Morgan fingerprint density at radius 1 is 1.35 bits per heavy atom. The van der Waals surface area contributed by atoms with Gasteiger partial charge in [-0.25, -0.2) is 0 Å². The van der Waals surface area contributed by atoms with Crippen LogP contribution in [0.3, 0.4) is 0 Å². The van der Waals surface area contributed by atoms with Gasteiger partial charge in [0.1, 0.15) is 5.75 Å². The van der Waals surface area contributed by atoms with Gasteiger partial charge >= 0.3 is 0 Å². The number of rotatable bonds is 7. The Hall–Kier alpha value is -0.730. The molecule has 0 saturated carbocycles. The highest BCUT2D eigenvalue weighted by molar-refractivity contribution is 6.32. The van der Waals surface area contributed by atoms with Crippen LogP contribution >= 0.6 is 11.6 Å². The average molecular weight is 256 g/mol. The molecule has 0 aliphatic rings. The van der Waals surface area contributed by atoms with Crippen molar-refractivity contribution in [1.29, 1.82) is 0 Å².